The molecule has 0 aromatic rings. The number of allylic oxidation sites excluding steroid dienone is 1. The molecule has 0 heterocycles. The Hall–Kier alpha value is -0.790. The van der Waals surface area contributed by atoms with E-state index in [0.717, 1.165) is 0 Å². The molecule has 0 saturated heterocycles. The van der Waals surface area contributed by atoms with Crippen molar-refractivity contribution in [1.29, 1.82) is 0 Å². The Balaban J connectivity index is 5.42. The Bertz CT molecular complexity index is 267. The van der Waals surface area contributed by atoms with Crippen molar-refractivity contribution in [3.8, 4) is 0 Å². The van der Waals surface area contributed by atoms with Crippen molar-refractivity contribution in [3.63, 3.8) is 0 Å². The van der Waals surface area contributed by atoms with Gasteiger partial charge in [-0.3, -0.25) is 4.79 Å². The van der Waals surface area contributed by atoms with E-state index in [1.807, 2.05) is 34.9 Å². The van der Waals surface area contributed by atoms with Gasteiger partial charge in [0.15, 0.2) is 0 Å². The number of amides is 1. The lowest BCUT2D eigenvalue weighted by Gasteiger charge is -2.40. The van der Waals surface area contributed by atoms with Gasteiger partial charge in [-0.05, 0) is 26.2 Å². The third-order valence-electron chi connectivity index (χ3n) is 2.99. The van der Waals surface area contributed by atoms with Crippen LogP contribution in [0.2, 0.25) is 0 Å². The molecule has 15 heavy (non-hydrogen) atoms. The summed E-state index contributed by atoms with van der Waals surface area (Å²) in [6.45, 7) is 12.4. The zero-order valence-corrected chi connectivity index (χ0v) is 11.4. The van der Waals surface area contributed by atoms with E-state index in [1.54, 1.807) is 4.90 Å². The lowest BCUT2D eigenvalue weighted by atomic mass is 9.66. The molecule has 0 N–H and O–H groups in total. The Labute approximate surface area is 94.4 Å². The van der Waals surface area contributed by atoms with E-state index in [1.165, 1.54) is 5.57 Å². The summed E-state index contributed by atoms with van der Waals surface area (Å²) in [4.78, 5) is 13.9. The molecular weight excluding hydrogens is 186 g/mol. The van der Waals surface area contributed by atoms with Gasteiger partial charge in [0.2, 0.25) is 5.91 Å². The van der Waals surface area contributed by atoms with Crippen LogP contribution in [-0.2, 0) is 4.79 Å². The summed E-state index contributed by atoms with van der Waals surface area (Å²) >= 11 is 0. The maximum absolute atomic E-state index is 12.2. The largest absolute Gasteiger partial charge is 0.348 e. The Morgan fingerprint density at radius 2 is 1.47 bits per heavy atom. The Kier molecular flexibility index (Phi) is 4.15. The molecule has 0 aliphatic heterocycles. The molecule has 0 fully saturated rings. The monoisotopic (exact) mass is 211 g/mol. The fourth-order valence-corrected chi connectivity index (χ4v) is 1.64. The molecule has 1 atom stereocenters. The number of hydrogen-bond donors (Lipinski definition) is 0. The lowest BCUT2D eigenvalue weighted by Crippen LogP contribution is -2.45. The molecule has 0 rings (SSSR count). The second-order valence-electron chi connectivity index (χ2n) is 5.87. The molecule has 0 aliphatic carbocycles. The van der Waals surface area contributed by atoms with Gasteiger partial charge in [0.1, 0.15) is 0 Å². The van der Waals surface area contributed by atoms with E-state index in [9.17, 15) is 4.79 Å². The zero-order chi connectivity index (χ0) is 12.4. The summed E-state index contributed by atoms with van der Waals surface area (Å²) in [7, 11) is 3.62. The SMILES string of the molecule is CC(C)=CC(C)(C(=O)N(C)C)C(C)(C)C. The minimum Gasteiger partial charge on any atom is -0.348 e. The standard InChI is InChI=1S/C13H25NO/c1-10(2)9-13(6,12(3,4)5)11(15)14(7)8/h9H,1-8H3. The first-order valence-corrected chi connectivity index (χ1v) is 5.40. The topological polar surface area (TPSA) is 20.3 Å². The van der Waals surface area contributed by atoms with Crippen molar-refractivity contribution in [2.24, 2.45) is 10.8 Å². The molecule has 0 spiro atoms. The highest BCUT2D eigenvalue weighted by Gasteiger charge is 2.43. The van der Waals surface area contributed by atoms with Gasteiger partial charge in [0.05, 0.1) is 5.41 Å². The highest BCUT2D eigenvalue weighted by Crippen LogP contribution is 2.41. The predicted octanol–water partition coefficient (Wildman–Crippen LogP) is 3.09. The normalized spacial score (nSPS) is 15.5. The van der Waals surface area contributed by atoms with Crippen LogP contribution in [0.3, 0.4) is 0 Å². The quantitative estimate of drug-likeness (QED) is 0.643. The summed E-state index contributed by atoms with van der Waals surface area (Å²) in [5.41, 5.74) is 0.670. The highest BCUT2D eigenvalue weighted by molar-refractivity contribution is 5.84. The molecule has 1 unspecified atom stereocenters. The van der Waals surface area contributed by atoms with E-state index in [2.05, 4.69) is 26.8 Å². The Morgan fingerprint density at radius 3 is 1.67 bits per heavy atom. The van der Waals surface area contributed by atoms with Gasteiger partial charge in [-0.25, -0.2) is 0 Å². The van der Waals surface area contributed by atoms with Crippen molar-refractivity contribution in [3.05, 3.63) is 11.6 Å². The molecule has 0 aromatic heterocycles. The average Bonchev–Trinajstić information content (AvgIpc) is 1.99. The zero-order valence-electron chi connectivity index (χ0n) is 11.4. The summed E-state index contributed by atoms with van der Waals surface area (Å²) in [6.07, 6.45) is 2.08. The van der Waals surface area contributed by atoms with E-state index >= 15 is 0 Å². The Morgan fingerprint density at radius 1 is 1.07 bits per heavy atom. The molecule has 1 amide bonds. The summed E-state index contributed by atoms with van der Waals surface area (Å²) in [5, 5.41) is 0. The predicted molar refractivity (Wildman–Crippen MR) is 65.7 cm³/mol. The lowest BCUT2D eigenvalue weighted by molar-refractivity contribution is -0.141. The van der Waals surface area contributed by atoms with Gasteiger partial charge in [0.25, 0.3) is 0 Å². The molecule has 0 aromatic carbocycles. The van der Waals surface area contributed by atoms with Crippen LogP contribution < -0.4 is 0 Å². The highest BCUT2D eigenvalue weighted by atomic mass is 16.2. The van der Waals surface area contributed by atoms with Gasteiger partial charge in [-0.1, -0.05) is 32.4 Å². The van der Waals surface area contributed by atoms with E-state index in [-0.39, 0.29) is 11.3 Å². The molecular formula is C13H25NO. The van der Waals surface area contributed by atoms with Crippen LogP contribution in [-0.4, -0.2) is 24.9 Å². The van der Waals surface area contributed by atoms with Gasteiger partial charge in [-0.15, -0.1) is 0 Å². The van der Waals surface area contributed by atoms with E-state index < -0.39 is 5.41 Å². The van der Waals surface area contributed by atoms with Crippen molar-refractivity contribution in [2.45, 2.75) is 41.5 Å². The molecule has 2 heteroatoms. The number of hydrogen-bond acceptors (Lipinski definition) is 1. The summed E-state index contributed by atoms with van der Waals surface area (Å²) in [6, 6.07) is 0. The van der Waals surface area contributed by atoms with E-state index in [0.29, 0.717) is 0 Å². The molecule has 88 valence electrons. The summed E-state index contributed by atoms with van der Waals surface area (Å²) < 4.78 is 0. The van der Waals surface area contributed by atoms with Crippen LogP contribution in [0.15, 0.2) is 11.6 Å². The van der Waals surface area contributed by atoms with Crippen molar-refractivity contribution in [1.82, 2.24) is 4.90 Å². The molecule has 0 bridgehead atoms. The van der Waals surface area contributed by atoms with Gasteiger partial charge >= 0.3 is 0 Å². The average molecular weight is 211 g/mol. The minimum absolute atomic E-state index is 0.0778. The first kappa shape index (κ1) is 14.2. The first-order chi connectivity index (χ1) is 6.52. The van der Waals surface area contributed by atoms with E-state index in [4.69, 9.17) is 0 Å². The van der Waals surface area contributed by atoms with Gasteiger partial charge in [0, 0.05) is 14.1 Å². The van der Waals surface area contributed by atoms with Crippen molar-refractivity contribution < 1.29 is 4.79 Å². The molecule has 0 aliphatic rings. The fourth-order valence-electron chi connectivity index (χ4n) is 1.64. The fraction of sp³-hybridized carbons (Fsp3) is 0.769. The summed E-state index contributed by atoms with van der Waals surface area (Å²) in [5.74, 6) is 0.163. The van der Waals surface area contributed by atoms with Crippen LogP contribution in [0.25, 0.3) is 0 Å². The number of rotatable bonds is 2. The maximum atomic E-state index is 12.2. The molecule has 2 nitrogen and oxygen atoms in total. The third kappa shape index (κ3) is 3.08. The number of carbonyl (C=O) groups is 1. The molecule has 0 radical (unpaired) electrons. The van der Waals surface area contributed by atoms with Crippen LogP contribution in [0.4, 0.5) is 0 Å². The minimum atomic E-state index is -0.435. The first-order valence-electron chi connectivity index (χ1n) is 5.40. The second-order valence-corrected chi connectivity index (χ2v) is 5.87. The van der Waals surface area contributed by atoms with Gasteiger partial charge < -0.3 is 4.90 Å². The van der Waals surface area contributed by atoms with Crippen molar-refractivity contribution in [2.75, 3.05) is 14.1 Å². The maximum Gasteiger partial charge on any atom is 0.232 e. The third-order valence-corrected chi connectivity index (χ3v) is 2.99. The van der Waals surface area contributed by atoms with Crippen LogP contribution >= 0.6 is 0 Å². The number of carbonyl (C=O) groups excluding carboxylic acids is 1. The van der Waals surface area contributed by atoms with Crippen LogP contribution in [0.5, 0.6) is 0 Å². The molecule has 0 saturated carbocycles. The van der Waals surface area contributed by atoms with Crippen LogP contribution in [0.1, 0.15) is 41.5 Å². The van der Waals surface area contributed by atoms with Crippen molar-refractivity contribution >= 4 is 5.91 Å². The second kappa shape index (κ2) is 4.38. The number of nitrogens with zero attached hydrogens (tertiary/aromatic N) is 1. The van der Waals surface area contributed by atoms with Crippen LogP contribution in [0, 0.1) is 10.8 Å². The van der Waals surface area contributed by atoms with Gasteiger partial charge in [-0.2, -0.15) is 0 Å². The smallest absolute Gasteiger partial charge is 0.232 e.